The van der Waals surface area contributed by atoms with Crippen LogP contribution in [0.5, 0.6) is 0 Å². The molecule has 1 aromatic carbocycles. The van der Waals surface area contributed by atoms with Gasteiger partial charge in [-0.1, -0.05) is 12.1 Å². The third-order valence-corrected chi connectivity index (χ3v) is 3.70. The third kappa shape index (κ3) is 5.12. The molecule has 0 unspecified atom stereocenters. The minimum absolute atomic E-state index is 0.0129. The number of carbonyl (C=O) groups excluding carboxylic acids is 2. The van der Waals surface area contributed by atoms with Crippen molar-refractivity contribution < 1.29 is 18.7 Å². The molecule has 7 heteroatoms. The van der Waals surface area contributed by atoms with Crippen molar-refractivity contribution in [1.82, 2.24) is 10.2 Å². The highest BCUT2D eigenvalue weighted by molar-refractivity contribution is 5.81. The van der Waals surface area contributed by atoms with Crippen molar-refractivity contribution in [1.29, 1.82) is 0 Å². The predicted molar refractivity (Wildman–Crippen MR) is 84.6 cm³/mol. The second kappa shape index (κ2) is 8.36. The first-order chi connectivity index (χ1) is 11.1. The van der Waals surface area contributed by atoms with Gasteiger partial charge in [-0.3, -0.25) is 4.79 Å². The van der Waals surface area contributed by atoms with E-state index in [1.807, 2.05) is 0 Å². The van der Waals surface area contributed by atoms with Gasteiger partial charge in [-0.2, -0.15) is 0 Å². The van der Waals surface area contributed by atoms with E-state index in [0.717, 1.165) is 0 Å². The van der Waals surface area contributed by atoms with Gasteiger partial charge in [-0.15, -0.1) is 0 Å². The first-order valence-electron chi connectivity index (χ1n) is 7.79. The van der Waals surface area contributed by atoms with Gasteiger partial charge in [-0.25, -0.2) is 9.18 Å². The average molecular weight is 323 g/mol. The lowest BCUT2D eigenvalue weighted by Crippen LogP contribution is -2.47. The smallest absolute Gasteiger partial charge is 0.409 e. The SMILES string of the molecule is CCOC(=O)N1CCC(NC(=O)CNc2ccccc2F)CC1. The van der Waals surface area contributed by atoms with E-state index in [2.05, 4.69) is 10.6 Å². The number of amides is 2. The Morgan fingerprint density at radius 1 is 1.30 bits per heavy atom. The average Bonchev–Trinajstić information content (AvgIpc) is 2.55. The standard InChI is InChI=1S/C16H22FN3O3/c1-2-23-16(22)20-9-7-12(8-10-20)19-15(21)11-18-14-6-4-3-5-13(14)17/h3-6,12,18H,2,7-11H2,1H3,(H,19,21). The van der Waals surface area contributed by atoms with Crippen LogP contribution in [0.15, 0.2) is 24.3 Å². The number of ether oxygens (including phenoxy) is 1. The third-order valence-electron chi connectivity index (χ3n) is 3.70. The van der Waals surface area contributed by atoms with Crippen LogP contribution in [0, 0.1) is 5.82 Å². The van der Waals surface area contributed by atoms with Gasteiger partial charge in [-0.05, 0) is 31.9 Å². The lowest BCUT2D eigenvalue weighted by atomic mass is 10.1. The number of halogens is 1. The van der Waals surface area contributed by atoms with Crippen molar-refractivity contribution in [2.45, 2.75) is 25.8 Å². The highest BCUT2D eigenvalue weighted by Gasteiger charge is 2.24. The maximum atomic E-state index is 13.4. The number of piperidine rings is 1. The van der Waals surface area contributed by atoms with E-state index in [4.69, 9.17) is 4.74 Å². The molecule has 1 aromatic rings. The molecule has 0 bridgehead atoms. The summed E-state index contributed by atoms with van der Waals surface area (Å²) in [6.07, 6.45) is 1.06. The van der Waals surface area contributed by atoms with Gasteiger partial charge in [0.1, 0.15) is 5.82 Å². The molecule has 1 heterocycles. The number of nitrogens with one attached hydrogen (secondary N) is 2. The number of likely N-dealkylation sites (tertiary alicyclic amines) is 1. The summed E-state index contributed by atoms with van der Waals surface area (Å²) in [7, 11) is 0. The molecule has 6 nitrogen and oxygen atoms in total. The summed E-state index contributed by atoms with van der Waals surface area (Å²) in [6, 6.07) is 6.24. The molecule has 0 aromatic heterocycles. The summed E-state index contributed by atoms with van der Waals surface area (Å²) in [5.74, 6) is -0.578. The zero-order valence-corrected chi connectivity index (χ0v) is 13.2. The van der Waals surface area contributed by atoms with Gasteiger partial charge in [0.2, 0.25) is 5.91 Å². The Kier molecular flexibility index (Phi) is 6.19. The first kappa shape index (κ1) is 17.1. The highest BCUT2D eigenvalue weighted by Crippen LogP contribution is 2.13. The summed E-state index contributed by atoms with van der Waals surface area (Å²) in [4.78, 5) is 25.1. The summed E-state index contributed by atoms with van der Waals surface area (Å²) in [5, 5.41) is 5.67. The number of hydrogen-bond donors (Lipinski definition) is 2. The van der Waals surface area contributed by atoms with E-state index in [9.17, 15) is 14.0 Å². The van der Waals surface area contributed by atoms with Crippen molar-refractivity contribution in [2.75, 3.05) is 31.6 Å². The van der Waals surface area contributed by atoms with Crippen molar-refractivity contribution in [3.05, 3.63) is 30.1 Å². The van der Waals surface area contributed by atoms with Gasteiger partial charge in [0.15, 0.2) is 0 Å². The van der Waals surface area contributed by atoms with E-state index in [1.165, 1.54) is 6.07 Å². The number of carbonyl (C=O) groups is 2. The molecule has 0 spiro atoms. The normalized spacial score (nSPS) is 15.1. The Hall–Kier alpha value is -2.31. The minimum Gasteiger partial charge on any atom is -0.450 e. The predicted octanol–water partition coefficient (Wildman–Crippen LogP) is 1.97. The van der Waals surface area contributed by atoms with Gasteiger partial charge >= 0.3 is 6.09 Å². The minimum atomic E-state index is -0.386. The Balaban J connectivity index is 1.71. The Labute approximate surface area is 135 Å². The summed E-state index contributed by atoms with van der Waals surface area (Å²) in [6.45, 7) is 3.26. The second-order valence-corrected chi connectivity index (χ2v) is 5.36. The Morgan fingerprint density at radius 3 is 2.65 bits per heavy atom. The van der Waals surface area contributed by atoms with Crippen molar-refractivity contribution in [3.63, 3.8) is 0 Å². The van der Waals surface area contributed by atoms with E-state index in [0.29, 0.717) is 38.2 Å². The quantitative estimate of drug-likeness (QED) is 0.869. The zero-order valence-electron chi connectivity index (χ0n) is 13.2. The number of rotatable bonds is 5. The van der Waals surface area contributed by atoms with Crippen molar-refractivity contribution in [3.8, 4) is 0 Å². The lowest BCUT2D eigenvalue weighted by Gasteiger charge is -2.31. The van der Waals surface area contributed by atoms with Gasteiger partial charge in [0.05, 0.1) is 18.8 Å². The number of para-hydroxylation sites is 1. The molecule has 1 fully saturated rings. The largest absolute Gasteiger partial charge is 0.450 e. The molecular formula is C16H22FN3O3. The van der Waals surface area contributed by atoms with Crippen LogP contribution in [0.2, 0.25) is 0 Å². The molecule has 2 rings (SSSR count). The van der Waals surface area contributed by atoms with Crippen LogP contribution >= 0.6 is 0 Å². The van der Waals surface area contributed by atoms with Gasteiger partial charge in [0.25, 0.3) is 0 Å². The maximum absolute atomic E-state index is 13.4. The fourth-order valence-electron chi connectivity index (χ4n) is 2.48. The van der Waals surface area contributed by atoms with Gasteiger partial charge in [0, 0.05) is 19.1 Å². The summed E-state index contributed by atoms with van der Waals surface area (Å²) in [5.41, 5.74) is 0.305. The maximum Gasteiger partial charge on any atom is 0.409 e. The number of benzene rings is 1. The fraction of sp³-hybridized carbons (Fsp3) is 0.500. The van der Waals surface area contributed by atoms with Crippen molar-refractivity contribution in [2.24, 2.45) is 0 Å². The van der Waals surface area contributed by atoms with E-state index in [-0.39, 0.29) is 30.4 Å². The molecule has 0 radical (unpaired) electrons. The van der Waals surface area contributed by atoms with Gasteiger partial charge < -0.3 is 20.3 Å². The molecule has 0 saturated carbocycles. The monoisotopic (exact) mass is 323 g/mol. The van der Waals surface area contributed by atoms with Crippen LogP contribution in [0.25, 0.3) is 0 Å². The second-order valence-electron chi connectivity index (χ2n) is 5.36. The number of hydrogen-bond acceptors (Lipinski definition) is 4. The van der Waals surface area contributed by atoms with E-state index in [1.54, 1.807) is 30.0 Å². The zero-order chi connectivity index (χ0) is 16.7. The van der Waals surface area contributed by atoms with Crippen LogP contribution < -0.4 is 10.6 Å². The molecule has 126 valence electrons. The van der Waals surface area contributed by atoms with Crippen molar-refractivity contribution >= 4 is 17.7 Å². The topological polar surface area (TPSA) is 70.7 Å². The molecular weight excluding hydrogens is 301 g/mol. The number of nitrogens with zero attached hydrogens (tertiary/aromatic N) is 1. The Bertz CT molecular complexity index is 545. The molecule has 23 heavy (non-hydrogen) atoms. The molecule has 2 amide bonds. The molecule has 0 aliphatic carbocycles. The highest BCUT2D eigenvalue weighted by atomic mass is 19.1. The molecule has 1 saturated heterocycles. The molecule has 0 atom stereocenters. The number of anilines is 1. The Morgan fingerprint density at radius 2 is 2.00 bits per heavy atom. The lowest BCUT2D eigenvalue weighted by molar-refractivity contribution is -0.120. The fourth-order valence-corrected chi connectivity index (χ4v) is 2.48. The van der Waals surface area contributed by atoms with Crippen LogP contribution in [-0.4, -0.2) is 49.2 Å². The van der Waals surface area contributed by atoms with Crippen LogP contribution in [0.3, 0.4) is 0 Å². The van der Waals surface area contributed by atoms with Crippen LogP contribution in [-0.2, 0) is 9.53 Å². The molecule has 1 aliphatic rings. The molecule has 1 aliphatic heterocycles. The molecule has 2 N–H and O–H groups in total. The van der Waals surface area contributed by atoms with Crippen LogP contribution in [0.1, 0.15) is 19.8 Å². The van der Waals surface area contributed by atoms with E-state index >= 15 is 0 Å². The van der Waals surface area contributed by atoms with Crippen LogP contribution in [0.4, 0.5) is 14.9 Å². The first-order valence-corrected chi connectivity index (χ1v) is 7.79. The summed E-state index contributed by atoms with van der Waals surface area (Å²) >= 11 is 0. The summed E-state index contributed by atoms with van der Waals surface area (Å²) < 4.78 is 18.4. The van der Waals surface area contributed by atoms with E-state index < -0.39 is 0 Å².